The average molecular weight is 212 g/mol. The van der Waals surface area contributed by atoms with Crippen molar-refractivity contribution in [1.29, 1.82) is 0 Å². The number of hydrogen-bond donors (Lipinski definition) is 2. The van der Waals surface area contributed by atoms with Gasteiger partial charge in [0.15, 0.2) is 5.75 Å². The van der Waals surface area contributed by atoms with Crippen LogP contribution in [0.15, 0.2) is 18.2 Å². The van der Waals surface area contributed by atoms with Gasteiger partial charge in [-0.25, -0.2) is 5.26 Å². The van der Waals surface area contributed by atoms with Crippen molar-refractivity contribution in [2.75, 3.05) is 0 Å². The van der Waals surface area contributed by atoms with E-state index in [0.29, 0.717) is 5.92 Å². The minimum absolute atomic E-state index is 0.0275. The molecule has 0 bridgehead atoms. The topological polar surface area (TPSA) is 49.7 Å². The second-order valence-electron chi connectivity index (χ2n) is 3.13. The molecule has 0 aliphatic heterocycles. The average Bonchev–Trinajstić information content (AvgIpc) is 2.30. The molecule has 0 saturated carbocycles. The summed E-state index contributed by atoms with van der Waals surface area (Å²) in [6, 6.07) is 5.00. The van der Waals surface area contributed by atoms with Gasteiger partial charge in [-0.3, -0.25) is 0 Å². The highest BCUT2D eigenvalue weighted by Gasteiger charge is 2.07. The Labute approximate surface area is 91.3 Å². The summed E-state index contributed by atoms with van der Waals surface area (Å²) in [5, 5.41) is 17.7. The Kier molecular flexibility index (Phi) is 6.54. The Morgan fingerprint density at radius 2 is 1.93 bits per heavy atom. The van der Waals surface area contributed by atoms with Gasteiger partial charge < -0.3 is 9.99 Å². The first kappa shape index (κ1) is 13.8. The van der Waals surface area contributed by atoms with Gasteiger partial charge in [0.1, 0.15) is 0 Å². The van der Waals surface area contributed by atoms with Crippen molar-refractivity contribution in [1.82, 2.24) is 0 Å². The monoisotopic (exact) mass is 212 g/mol. The molecule has 0 radical (unpaired) electrons. The Balaban J connectivity index is 0.000000921. The lowest BCUT2D eigenvalue weighted by Crippen LogP contribution is -1.92. The van der Waals surface area contributed by atoms with Crippen LogP contribution < -0.4 is 4.89 Å². The van der Waals surface area contributed by atoms with Crippen molar-refractivity contribution in [3.05, 3.63) is 23.8 Å². The Morgan fingerprint density at radius 1 is 1.33 bits per heavy atom. The quantitative estimate of drug-likeness (QED) is 0.592. The molecule has 1 rings (SSSR count). The second-order valence-corrected chi connectivity index (χ2v) is 3.13. The molecule has 0 aromatic heterocycles. The fourth-order valence-corrected chi connectivity index (χ4v) is 1.15. The zero-order valence-corrected chi connectivity index (χ0v) is 9.82. The first-order valence-corrected chi connectivity index (χ1v) is 5.33. The number of phenols is 1. The highest BCUT2D eigenvalue weighted by molar-refractivity contribution is 5.42. The maximum Gasteiger partial charge on any atom is 0.206 e. The molecule has 0 fully saturated rings. The molecule has 0 saturated heterocycles. The summed E-state index contributed by atoms with van der Waals surface area (Å²) in [7, 11) is 0. The van der Waals surface area contributed by atoms with Gasteiger partial charge in [0.25, 0.3) is 0 Å². The van der Waals surface area contributed by atoms with Crippen LogP contribution in [0.5, 0.6) is 11.5 Å². The van der Waals surface area contributed by atoms with Gasteiger partial charge in [0.2, 0.25) is 5.75 Å². The lowest BCUT2D eigenvalue weighted by atomic mass is 9.98. The maximum absolute atomic E-state index is 9.35. The summed E-state index contributed by atoms with van der Waals surface area (Å²) in [6.07, 6.45) is 1.01. The van der Waals surface area contributed by atoms with Crippen molar-refractivity contribution in [3.63, 3.8) is 0 Å². The SMILES string of the molecule is CC.CC[C@H](C)c1ccc(OO)c(O)c1. The van der Waals surface area contributed by atoms with Crippen LogP contribution in [-0.2, 0) is 0 Å². The highest BCUT2D eigenvalue weighted by Crippen LogP contribution is 2.30. The van der Waals surface area contributed by atoms with Gasteiger partial charge in [0.05, 0.1) is 0 Å². The molecular weight excluding hydrogens is 192 g/mol. The summed E-state index contributed by atoms with van der Waals surface area (Å²) in [4.78, 5) is 3.96. The molecule has 0 aliphatic rings. The normalized spacial score (nSPS) is 11.3. The molecule has 0 aliphatic carbocycles. The van der Waals surface area contributed by atoms with E-state index in [1.807, 2.05) is 19.9 Å². The summed E-state index contributed by atoms with van der Waals surface area (Å²) >= 11 is 0. The highest BCUT2D eigenvalue weighted by atomic mass is 17.1. The molecule has 0 spiro atoms. The Morgan fingerprint density at radius 3 is 2.33 bits per heavy atom. The number of hydrogen-bond acceptors (Lipinski definition) is 3. The van der Waals surface area contributed by atoms with Gasteiger partial charge in [0, 0.05) is 0 Å². The van der Waals surface area contributed by atoms with Crippen molar-refractivity contribution < 1.29 is 15.3 Å². The third-order valence-electron chi connectivity index (χ3n) is 2.26. The predicted molar refractivity (Wildman–Crippen MR) is 61.4 cm³/mol. The van der Waals surface area contributed by atoms with E-state index >= 15 is 0 Å². The number of aromatic hydroxyl groups is 1. The zero-order chi connectivity index (χ0) is 11.8. The van der Waals surface area contributed by atoms with E-state index in [9.17, 15) is 5.11 Å². The molecule has 1 atom stereocenters. The fourth-order valence-electron chi connectivity index (χ4n) is 1.15. The fraction of sp³-hybridized carbons (Fsp3) is 0.500. The summed E-state index contributed by atoms with van der Waals surface area (Å²) in [5.41, 5.74) is 1.04. The van der Waals surface area contributed by atoms with E-state index in [4.69, 9.17) is 5.26 Å². The Hall–Kier alpha value is -1.22. The lowest BCUT2D eigenvalue weighted by molar-refractivity contribution is -0.139. The van der Waals surface area contributed by atoms with E-state index < -0.39 is 0 Å². The molecule has 3 heteroatoms. The van der Waals surface area contributed by atoms with Crippen LogP contribution in [0.3, 0.4) is 0 Å². The van der Waals surface area contributed by atoms with Crippen molar-refractivity contribution in [2.45, 2.75) is 40.0 Å². The van der Waals surface area contributed by atoms with E-state index in [1.54, 1.807) is 12.1 Å². The molecule has 1 aromatic carbocycles. The molecule has 1 aromatic rings. The Bertz CT molecular complexity index is 284. The van der Waals surface area contributed by atoms with Gasteiger partial charge in [-0.2, -0.15) is 0 Å². The van der Waals surface area contributed by atoms with Crippen LogP contribution in [0.2, 0.25) is 0 Å². The van der Waals surface area contributed by atoms with E-state index in [-0.39, 0.29) is 11.5 Å². The van der Waals surface area contributed by atoms with Crippen LogP contribution in [-0.4, -0.2) is 10.4 Å². The number of benzene rings is 1. The minimum Gasteiger partial charge on any atom is -0.504 e. The smallest absolute Gasteiger partial charge is 0.206 e. The van der Waals surface area contributed by atoms with Gasteiger partial charge in [-0.05, 0) is 30.0 Å². The molecule has 0 amide bonds. The van der Waals surface area contributed by atoms with Crippen LogP contribution in [0, 0.1) is 0 Å². The molecule has 3 nitrogen and oxygen atoms in total. The molecule has 86 valence electrons. The molecule has 0 unspecified atom stereocenters. The first-order valence-electron chi connectivity index (χ1n) is 5.33. The summed E-state index contributed by atoms with van der Waals surface area (Å²) in [6.45, 7) is 8.16. The van der Waals surface area contributed by atoms with Crippen molar-refractivity contribution in [2.24, 2.45) is 0 Å². The van der Waals surface area contributed by atoms with E-state index in [0.717, 1.165) is 12.0 Å². The van der Waals surface area contributed by atoms with Crippen molar-refractivity contribution in [3.8, 4) is 11.5 Å². The number of rotatable bonds is 3. The summed E-state index contributed by atoms with van der Waals surface area (Å²) < 4.78 is 0. The largest absolute Gasteiger partial charge is 0.504 e. The van der Waals surface area contributed by atoms with Crippen LogP contribution in [0.25, 0.3) is 0 Å². The zero-order valence-electron chi connectivity index (χ0n) is 9.82. The third-order valence-corrected chi connectivity index (χ3v) is 2.26. The molecule has 0 heterocycles. The van der Waals surface area contributed by atoms with Gasteiger partial charge in [-0.15, -0.1) is 0 Å². The standard InChI is InChI=1S/C10H14O3.C2H6/c1-3-7(2)8-4-5-10(13-12)9(11)6-8;1-2/h4-7,11-12H,3H2,1-2H3;1-2H3/t7-;/m0./s1. The minimum atomic E-state index is -0.0275. The second kappa shape index (κ2) is 7.12. The van der Waals surface area contributed by atoms with Crippen LogP contribution >= 0.6 is 0 Å². The summed E-state index contributed by atoms with van der Waals surface area (Å²) in [5.74, 6) is 0.464. The van der Waals surface area contributed by atoms with E-state index in [2.05, 4.69) is 18.7 Å². The first-order chi connectivity index (χ1) is 7.19. The maximum atomic E-state index is 9.35. The number of phenolic OH excluding ortho intramolecular Hbond substituents is 1. The van der Waals surface area contributed by atoms with Gasteiger partial charge in [-0.1, -0.05) is 33.8 Å². The molecular formula is C12H20O3. The molecule has 15 heavy (non-hydrogen) atoms. The van der Waals surface area contributed by atoms with Crippen molar-refractivity contribution >= 4 is 0 Å². The van der Waals surface area contributed by atoms with Gasteiger partial charge >= 0.3 is 0 Å². The molecule has 2 N–H and O–H groups in total. The van der Waals surface area contributed by atoms with Crippen LogP contribution in [0.1, 0.15) is 45.6 Å². The third kappa shape index (κ3) is 3.80. The van der Waals surface area contributed by atoms with Crippen LogP contribution in [0.4, 0.5) is 0 Å². The lowest BCUT2D eigenvalue weighted by Gasteiger charge is -2.09. The predicted octanol–water partition coefficient (Wildman–Crippen LogP) is 3.78. The van der Waals surface area contributed by atoms with E-state index in [1.165, 1.54) is 0 Å².